The summed E-state index contributed by atoms with van der Waals surface area (Å²) < 4.78 is 68.4. The molecule has 0 saturated heterocycles. The van der Waals surface area contributed by atoms with Gasteiger partial charge in [0.05, 0.1) is 26.4 Å². The molecule has 0 heterocycles. The van der Waals surface area contributed by atoms with Crippen molar-refractivity contribution in [3.63, 3.8) is 0 Å². The number of hydrogen-bond acceptors (Lipinski definition) is 15. The van der Waals surface area contributed by atoms with E-state index in [2.05, 4.69) is 41.5 Å². The van der Waals surface area contributed by atoms with E-state index in [1.807, 2.05) is 0 Å². The SMILES string of the molecule is CCCCCCCCCCCCCCCCC(=O)O[C@H](COC(=O)CCCCCCCCCCCCCCC)COP(=O)(O)OC[C@@H](O)COP(=O)(O)OC[C@@H](COC(=O)CCCCCCCCCCCC(C)C)OC(=O)CCCCCCCCCCCC(C)C. The number of unbranched alkanes of at least 4 members (excludes halogenated alkanes) is 41. The molecule has 0 aromatic rings. The monoisotopic (exact) mass is 1340 g/mol. The topological polar surface area (TPSA) is 237 Å². The third kappa shape index (κ3) is 66.5. The second-order valence-electron chi connectivity index (χ2n) is 26.9. The molecule has 5 atom stereocenters. The smallest absolute Gasteiger partial charge is 0.462 e. The number of phosphoric acid groups is 2. The van der Waals surface area contributed by atoms with Crippen molar-refractivity contribution in [2.45, 2.75) is 387 Å². The number of phosphoric ester groups is 2. The maximum absolute atomic E-state index is 13.0. The van der Waals surface area contributed by atoms with Gasteiger partial charge in [-0.3, -0.25) is 37.3 Å². The van der Waals surface area contributed by atoms with Crippen molar-refractivity contribution in [2.24, 2.45) is 11.8 Å². The Bertz CT molecular complexity index is 1770. The first kappa shape index (κ1) is 89.1. The highest BCUT2D eigenvalue weighted by Gasteiger charge is 2.30. The van der Waals surface area contributed by atoms with Gasteiger partial charge in [0, 0.05) is 25.7 Å². The summed E-state index contributed by atoms with van der Waals surface area (Å²) in [6.07, 6.45) is 49.8. The van der Waals surface area contributed by atoms with Gasteiger partial charge in [-0.05, 0) is 37.5 Å². The molecule has 0 aromatic carbocycles. The van der Waals surface area contributed by atoms with Crippen LogP contribution in [0.15, 0.2) is 0 Å². The van der Waals surface area contributed by atoms with E-state index in [9.17, 15) is 43.2 Å². The van der Waals surface area contributed by atoms with Gasteiger partial charge in [-0.2, -0.15) is 0 Å². The summed E-state index contributed by atoms with van der Waals surface area (Å²) >= 11 is 0. The Labute approximate surface area is 556 Å². The maximum atomic E-state index is 13.0. The summed E-state index contributed by atoms with van der Waals surface area (Å²) in [7, 11) is -9.90. The number of esters is 4. The molecule has 3 N–H and O–H groups in total. The number of aliphatic hydroxyl groups excluding tert-OH is 1. The summed E-state index contributed by atoms with van der Waals surface area (Å²) in [5.74, 6) is -0.639. The molecule has 0 radical (unpaired) electrons. The molecule has 2 unspecified atom stereocenters. The zero-order chi connectivity index (χ0) is 67.2. The van der Waals surface area contributed by atoms with Crippen molar-refractivity contribution in [1.29, 1.82) is 0 Å². The quantitative estimate of drug-likeness (QED) is 0.0222. The van der Waals surface area contributed by atoms with Crippen molar-refractivity contribution in [1.82, 2.24) is 0 Å². The highest BCUT2D eigenvalue weighted by Crippen LogP contribution is 2.45. The molecule has 0 spiro atoms. The largest absolute Gasteiger partial charge is 0.472 e. The maximum Gasteiger partial charge on any atom is 0.472 e. The van der Waals surface area contributed by atoms with E-state index in [1.54, 1.807) is 0 Å². The van der Waals surface area contributed by atoms with Gasteiger partial charge < -0.3 is 33.8 Å². The van der Waals surface area contributed by atoms with Gasteiger partial charge in [0.15, 0.2) is 12.2 Å². The van der Waals surface area contributed by atoms with Crippen LogP contribution in [0.3, 0.4) is 0 Å². The molecule has 0 aliphatic heterocycles. The minimum absolute atomic E-state index is 0.105. The average Bonchev–Trinajstić information content (AvgIpc) is 3.60. The Balaban J connectivity index is 5.26. The van der Waals surface area contributed by atoms with Gasteiger partial charge in [-0.25, -0.2) is 9.13 Å². The summed E-state index contributed by atoms with van der Waals surface area (Å²) in [6.45, 7) is 9.53. The molecule has 0 amide bonds. The average molecular weight is 1340 g/mol. The normalized spacial score (nSPS) is 14.1. The van der Waals surface area contributed by atoms with Gasteiger partial charge in [0.25, 0.3) is 0 Å². The molecule has 0 aromatic heterocycles. The highest BCUT2D eigenvalue weighted by molar-refractivity contribution is 7.47. The summed E-state index contributed by atoms with van der Waals surface area (Å²) in [5.41, 5.74) is 0. The predicted molar refractivity (Wildman–Crippen MR) is 368 cm³/mol. The molecule has 91 heavy (non-hydrogen) atoms. The molecule has 0 aliphatic rings. The Hall–Kier alpha value is -1.94. The molecule has 0 rings (SSSR count). The van der Waals surface area contributed by atoms with Crippen LogP contribution < -0.4 is 0 Å². The van der Waals surface area contributed by atoms with Crippen molar-refractivity contribution in [2.75, 3.05) is 39.6 Å². The molecular formula is C72H140O17P2. The minimum atomic E-state index is -4.95. The second kappa shape index (κ2) is 64.1. The van der Waals surface area contributed by atoms with Crippen LogP contribution in [0, 0.1) is 11.8 Å². The van der Waals surface area contributed by atoms with E-state index in [0.29, 0.717) is 25.7 Å². The second-order valence-corrected chi connectivity index (χ2v) is 29.8. The van der Waals surface area contributed by atoms with Crippen molar-refractivity contribution >= 4 is 39.5 Å². The molecule has 19 heteroatoms. The standard InChI is InChI=1S/C72H140O17P2/c1-7-9-11-13-15-17-19-21-23-25-31-38-44-50-56-71(76)88-67(60-82-69(74)54-48-42-36-30-24-22-20-18-16-14-12-10-8-2)62-86-90(78,79)84-58-66(73)59-85-91(80,81)87-63-68(89-72(77)57-51-45-39-33-27-29-35-41-47-53-65(5)6)61-83-70(75)55-49-43-37-32-26-28-34-40-46-52-64(3)4/h64-68,73H,7-63H2,1-6H3,(H,78,79)(H,80,81)/t66-,67-,68-/m1/s1. The molecule has 0 saturated carbocycles. The first-order valence-electron chi connectivity index (χ1n) is 37.5. The Morgan fingerprint density at radius 3 is 0.747 bits per heavy atom. The highest BCUT2D eigenvalue weighted by atomic mass is 31.2. The van der Waals surface area contributed by atoms with Crippen LogP contribution in [0.4, 0.5) is 0 Å². The molecule has 0 bridgehead atoms. The third-order valence-electron chi connectivity index (χ3n) is 16.7. The van der Waals surface area contributed by atoms with Gasteiger partial charge in [-0.1, -0.05) is 318 Å². The zero-order valence-corrected chi connectivity index (χ0v) is 60.9. The Kier molecular flexibility index (Phi) is 62.7. The first-order chi connectivity index (χ1) is 43.9. The zero-order valence-electron chi connectivity index (χ0n) is 59.1. The lowest BCUT2D eigenvalue weighted by molar-refractivity contribution is -0.161. The van der Waals surface area contributed by atoms with Crippen molar-refractivity contribution < 1.29 is 80.2 Å². The molecule has 0 aliphatic carbocycles. The van der Waals surface area contributed by atoms with Gasteiger partial charge in [-0.15, -0.1) is 0 Å². The van der Waals surface area contributed by atoms with Gasteiger partial charge in [0.2, 0.25) is 0 Å². The Morgan fingerprint density at radius 2 is 0.505 bits per heavy atom. The van der Waals surface area contributed by atoms with Crippen molar-refractivity contribution in [3.05, 3.63) is 0 Å². The van der Waals surface area contributed by atoms with Crippen LogP contribution in [0.1, 0.15) is 369 Å². The summed E-state index contributed by atoms with van der Waals surface area (Å²) in [5, 5.41) is 10.6. The van der Waals surface area contributed by atoms with E-state index in [4.69, 9.17) is 37.0 Å². The van der Waals surface area contributed by atoms with Gasteiger partial charge in [0.1, 0.15) is 19.3 Å². The lowest BCUT2D eigenvalue weighted by Gasteiger charge is -2.21. The fourth-order valence-electron chi connectivity index (χ4n) is 10.9. The predicted octanol–water partition coefficient (Wildman–Crippen LogP) is 20.8. The van der Waals surface area contributed by atoms with E-state index in [-0.39, 0.29) is 25.7 Å². The number of carbonyl (C=O) groups excluding carboxylic acids is 4. The molecule has 0 fully saturated rings. The number of hydrogen-bond donors (Lipinski definition) is 3. The summed E-state index contributed by atoms with van der Waals surface area (Å²) in [6, 6.07) is 0. The van der Waals surface area contributed by atoms with Gasteiger partial charge >= 0.3 is 39.5 Å². The van der Waals surface area contributed by atoms with Crippen LogP contribution in [0.5, 0.6) is 0 Å². The van der Waals surface area contributed by atoms with Crippen LogP contribution in [0.25, 0.3) is 0 Å². The first-order valence-corrected chi connectivity index (χ1v) is 40.5. The van der Waals surface area contributed by atoms with E-state index < -0.39 is 97.5 Å². The van der Waals surface area contributed by atoms with E-state index >= 15 is 0 Å². The molecule has 17 nitrogen and oxygen atoms in total. The van der Waals surface area contributed by atoms with Crippen LogP contribution in [0.2, 0.25) is 0 Å². The fourth-order valence-corrected chi connectivity index (χ4v) is 12.5. The van der Waals surface area contributed by atoms with Crippen LogP contribution in [-0.4, -0.2) is 96.7 Å². The fraction of sp³-hybridized carbons (Fsp3) is 0.944. The minimum Gasteiger partial charge on any atom is -0.462 e. The Morgan fingerprint density at radius 1 is 0.297 bits per heavy atom. The summed E-state index contributed by atoms with van der Waals surface area (Å²) in [4.78, 5) is 72.7. The number of rotatable bonds is 71. The number of carbonyl (C=O) groups is 4. The lowest BCUT2D eigenvalue weighted by Crippen LogP contribution is -2.30. The lowest BCUT2D eigenvalue weighted by atomic mass is 10.0. The van der Waals surface area contributed by atoms with Crippen LogP contribution in [-0.2, 0) is 65.4 Å². The molecular weight excluding hydrogens is 1200 g/mol. The number of aliphatic hydroxyl groups is 1. The number of ether oxygens (including phenoxy) is 4. The van der Waals surface area contributed by atoms with E-state index in [0.717, 1.165) is 102 Å². The van der Waals surface area contributed by atoms with Crippen molar-refractivity contribution in [3.8, 4) is 0 Å². The van der Waals surface area contributed by atoms with Crippen LogP contribution >= 0.6 is 15.6 Å². The van der Waals surface area contributed by atoms with E-state index in [1.165, 1.54) is 186 Å². The third-order valence-corrected chi connectivity index (χ3v) is 18.6. The molecule has 540 valence electrons.